The summed E-state index contributed by atoms with van der Waals surface area (Å²) in [6.45, 7) is 5.03. The molecule has 25 heavy (non-hydrogen) atoms. The van der Waals surface area contributed by atoms with Crippen LogP contribution >= 0.6 is 0 Å². The van der Waals surface area contributed by atoms with Gasteiger partial charge in [0.25, 0.3) is 0 Å². The molecule has 0 fully saturated rings. The minimum absolute atomic E-state index is 0.217. The van der Waals surface area contributed by atoms with E-state index in [1.165, 1.54) is 38.5 Å². The second-order valence-corrected chi connectivity index (χ2v) is 6.46. The van der Waals surface area contributed by atoms with E-state index in [4.69, 9.17) is 9.47 Å². The van der Waals surface area contributed by atoms with E-state index in [-0.39, 0.29) is 11.7 Å². The largest absolute Gasteiger partial charge is 0.508 e. The van der Waals surface area contributed by atoms with Crippen LogP contribution in [0.25, 0.3) is 0 Å². The number of phenolic OH excluding ortho intramolecular Hbond substituents is 1. The maximum Gasteiger partial charge on any atom is 0.335 e. The average molecular weight is 350 g/mol. The molecule has 1 N–H and O–H groups in total. The molecule has 1 atom stereocenters. The first kappa shape index (κ1) is 21.5. The number of aromatic hydroxyl groups is 1. The highest BCUT2D eigenvalue weighted by Gasteiger charge is 2.20. The van der Waals surface area contributed by atoms with E-state index in [2.05, 4.69) is 6.92 Å². The average Bonchev–Trinajstić information content (AvgIpc) is 2.61. The van der Waals surface area contributed by atoms with Gasteiger partial charge in [0, 0.05) is 13.0 Å². The summed E-state index contributed by atoms with van der Waals surface area (Å²) in [6, 6.07) is 6.83. The second-order valence-electron chi connectivity index (χ2n) is 6.46. The molecule has 0 unspecified atom stereocenters. The van der Waals surface area contributed by atoms with E-state index in [9.17, 15) is 9.90 Å². The van der Waals surface area contributed by atoms with E-state index in [0.29, 0.717) is 19.6 Å². The van der Waals surface area contributed by atoms with Gasteiger partial charge in [-0.2, -0.15) is 0 Å². The molecule has 0 spiro atoms. The standard InChI is InChI=1S/C21H34O4/c1-3-5-6-7-8-9-10-11-16-25-21(23)20(24-4-2)17-18-12-14-19(22)15-13-18/h12-15,20,22H,3-11,16-17H2,1-2H3/t20-/m1/s1. The van der Waals surface area contributed by atoms with E-state index in [0.717, 1.165) is 18.4 Å². The molecule has 0 aliphatic rings. The zero-order chi connectivity index (χ0) is 18.3. The predicted octanol–water partition coefficient (Wildman–Crippen LogP) is 5.02. The molecule has 142 valence electrons. The Labute approximate surface area is 152 Å². The number of hydrogen-bond donors (Lipinski definition) is 1. The van der Waals surface area contributed by atoms with Crippen molar-refractivity contribution in [1.82, 2.24) is 0 Å². The van der Waals surface area contributed by atoms with Crippen LogP contribution in [0.5, 0.6) is 5.75 Å². The fourth-order valence-corrected chi connectivity index (χ4v) is 2.76. The molecule has 0 saturated carbocycles. The molecule has 0 saturated heterocycles. The van der Waals surface area contributed by atoms with Gasteiger partial charge in [0.1, 0.15) is 5.75 Å². The zero-order valence-electron chi connectivity index (χ0n) is 15.8. The van der Waals surface area contributed by atoms with Gasteiger partial charge in [-0.1, -0.05) is 64.0 Å². The van der Waals surface area contributed by atoms with Gasteiger partial charge in [0.15, 0.2) is 6.10 Å². The van der Waals surface area contributed by atoms with Crippen LogP contribution < -0.4 is 0 Å². The monoisotopic (exact) mass is 350 g/mol. The first-order chi connectivity index (χ1) is 12.2. The number of unbranched alkanes of at least 4 members (excludes halogenated alkanes) is 7. The molecule has 0 heterocycles. The van der Waals surface area contributed by atoms with E-state index in [1.807, 2.05) is 6.92 Å². The third-order valence-electron chi connectivity index (χ3n) is 4.23. The van der Waals surface area contributed by atoms with Gasteiger partial charge < -0.3 is 14.6 Å². The minimum atomic E-state index is -0.580. The van der Waals surface area contributed by atoms with Crippen LogP contribution in [-0.4, -0.2) is 30.4 Å². The Morgan fingerprint density at radius 2 is 1.56 bits per heavy atom. The molecule has 1 aromatic carbocycles. The summed E-state index contributed by atoms with van der Waals surface area (Å²) in [5.74, 6) is -0.0770. The third kappa shape index (κ3) is 10.1. The van der Waals surface area contributed by atoms with Gasteiger partial charge >= 0.3 is 5.97 Å². The molecule has 1 rings (SSSR count). The SMILES string of the molecule is CCCCCCCCCCOC(=O)[C@@H](Cc1ccc(O)cc1)OCC. The molecule has 0 bridgehead atoms. The van der Waals surface area contributed by atoms with Crippen LogP contribution in [0.1, 0.15) is 70.8 Å². The first-order valence-corrected chi connectivity index (χ1v) is 9.73. The van der Waals surface area contributed by atoms with Gasteiger partial charge in [-0.05, 0) is 31.0 Å². The second kappa shape index (κ2) is 13.7. The van der Waals surface area contributed by atoms with Crippen molar-refractivity contribution in [2.45, 2.75) is 77.7 Å². The van der Waals surface area contributed by atoms with E-state index in [1.54, 1.807) is 24.3 Å². The topological polar surface area (TPSA) is 55.8 Å². The molecule has 4 heteroatoms. The lowest BCUT2D eigenvalue weighted by Gasteiger charge is -2.16. The summed E-state index contributed by atoms with van der Waals surface area (Å²) in [7, 11) is 0. The lowest BCUT2D eigenvalue weighted by molar-refractivity contribution is -0.157. The number of carbonyl (C=O) groups excluding carboxylic acids is 1. The Bertz CT molecular complexity index is 455. The predicted molar refractivity (Wildman–Crippen MR) is 101 cm³/mol. The van der Waals surface area contributed by atoms with Gasteiger partial charge in [-0.3, -0.25) is 0 Å². The number of esters is 1. The normalized spacial score (nSPS) is 12.1. The van der Waals surface area contributed by atoms with E-state index >= 15 is 0 Å². The van der Waals surface area contributed by atoms with Crippen molar-refractivity contribution in [3.63, 3.8) is 0 Å². The summed E-state index contributed by atoms with van der Waals surface area (Å²) in [4.78, 5) is 12.2. The molecule has 4 nitrogen and oxygen atoms in total. The number of phenols is 1. The van der Waals surface area contributed by atoms with Gasteiger partial charge in [-0.15, -0.1) is 0 Å². The highest BCUT2D eigenvalue weighted by Crippen LogP contribution is 2.14. The first-order valence-electron chi connectivity index (χ1n) is 9.73. The van der Waals surface area contributed by atoms with Crippen LogP contribution in [0, 0.1) is 0 Å². The van der Waals surface area contributed by atoms with Crippen molar-refractivity contribution in [2.24, 2.45) is 0 Å². The van der Waals surface area contributed by atoms with Crippen molar-refractivity contribution >= 4 is 5.97 Å². The Balaban J connectivity index is 2.21. The Morgan fingerprint density at radius 1 is 0.960 bits per heavy atom. The van der Waals surface area contributed by atoms with Gasteiger partial charge in [0.2, 0.25) is 0 Å². The van der Waals surface area contributed by atoms with E-state index < -0.39 is 6.10 Å². The Hall–Kier alpha value is -1.55. The molecule has 0 aliphatic heterocycles. The number of carbonyl (C=O) groups is 1. The van der Waals surface area contributed by atoms with Crippen molar-refractivity contribution in [2.75, 3.05) is 13.2 Å². The van der Waals surface area contributed by atoms with Crippen molar-refractivity contribution in [3.8, 4) is 5.75 Å². The minimum Gasteiger partial charge on any atom is -0.508 e. The number of hydrogen-bond acceptors (Lipinski definition) is 4. The van der Waals surface area contributed by atoms with Gasteiger partial charge in [-0.25, -0.2) is 4.79 Å². The molecule has 1 aromatic rings. The number of rotatable bonds is 14. The molecule has 0 aliphatic carbocycles. The summed E-state index contributed by atoms with van der Waals surface area (Å²) in [5, 5.41) is 9.33. The molecule has 0 radical (unpaired) electrons. The smallest absolute Gasteiger partial charge is 0.335 e. The Morgan fingerprint density at radius 3 is 2.16 bits per heavy atom. The van der Waals surface area contributed by atoms with Crippen LogP contribution in [0.15, 0.2) is 24.3 Å². The van der Waals surface area contributed by atoms with Crippen molar-refractivity contribution in [3.05, 3.63) is 29.8 Å². The Kier molecular flexibility index (Phi) is 11.8. The highest BCUT2D eigenvalue weighted by molar-refractivity contribution is 5.75. The highest BCUT2D eigenvalue weighted by atomic mass is 16.6. The maximum atomic E-state index is 12.2. The summed E-state index contributed by atoms with van der Waals surface area (Å²) < 4.78 is 10.9. The fourth-order valence-electron chi connectivity index (χ4n) is 2.76. The zero-order valence-corrected chi connectivity index (χ0v) is 15.8. The lowest BCUT2D eigenvalue weighted by Crippen LogP contribution is -2.29. The molecule has 0 amide bonds. The van der Waals surface area contributed by atoms with Crippen LogP contribution in [0.2, 0.25) is 0 Å². The fraction of sp³-hybridized carbons (Fsp3) is 0.667. The number of ether oxygens (including phenoxy) is 2. The maximum absolute atomic E-state index is 12.2. The summed E-state index contributed by atoms with van der Waals surface area (Å²) in [5.41, 5.74) is 0.945. The van der Waals surface area contributed by atoms with Crippen molar-refractivity contribution < 1.29 is 19.4 Å². The van der Waals surface area contributed by atoms with Crippen LogP contribution in [0.4, 0.5) is 0 Å². The quantitative estimate of drug-likeness (QED) is 0.378. The molecular formula is C21H34O4. The molecule has 0 aromatic heterocycles. The summed E-state index contributed by atoms with van der Waals surface area (Å²) in [6.07, 6.45) is 9.64. The third-order valence-corrected chi connectivity index (χ3v) is 4.23. The lowest BCUT2D eigenvalue weighted by atomic mass is 10.1. The molecular weight excluding hydrogens is 316 g/mol. The van der Waals surface area contributed by atoms with Gasteiger partial charge in [0.05, 0.1) is 6.61 Å². The van der Waals surface area contributed by atoms with Crippen LogP contribution in [0.3, 0.4) is 0 Å². The number of benzene rings is 1. The summed E-state index contributed by atoms with van der Waals surface area (Å²) >= 11 is 0. The van der Waals surface area contributed by atoms with Crippen LogP contribution in [-0.2, 0) is 20.7 Å². The van der Waals surface area contributed by atoms with Crippen molar-refractivity contribution in [1.29, 1.82) is 0 Å².